The molecule has 0 aromatic carbocycles. The summed E-state index contributed by atoms with van der Waals surface area (Å²) in [4.78, 5) is 24.4. The number of aliphatic carboxylic acids is 1. The molecule has 1 heterocycles. The molecule has 1 aliphatic rings. The third-order valence-electron chi connectivity index (χ3n) is 2.85. The molecule has 0 radical (unpaired) electrons. The Morgan fingerprint density at radius 3 is 2.76 bits per heavy atom. The fourth-order valence-electron chi connectivity index (χ4n) is 1.97. The van der Waals surface area contributed by atoms with E-state index in [1.165, 1.54) is 0 Å². The van der Waals surface area contributed by atoms with Crippen molar-refractivity contribution >= 4 is 11.9 Å². The summed E-state index contributed by atoms with van der Waals surface area (Å²) >= 11 is 0. The number of carbonyl (C=O) groups is 2. The van der Waals surface area contributed by atoms with E-state index in [-0.39, 0.29) is 24.4 Å². The summed E-state index contributed by atoms with van der Waals surface area (Å²) in [6.45, 7) is 5.72. The number of likely N-dealkylation sites (N-methyl/N-ethyl adjacent to an activating group) is 1. The lowest BCUT2D eigenvalue weighted by Crippen LogP contribution is -2.54. The first-order valence-electron chi connectivity index (χ1n) is 5.89. The molecule has 98 valence electrons. The fourth-order valence-corrected chi connectivity index (χ4v) is 1.97. The molecule has 0 saturated carbocycles. The highest BCUT2D eigenvalue weighted by Crippen LogP contribution is 2.08. The number of nitrogens with zero attached hydrogens (tertiary/aromatic N) is 1. The van der Waals surface area contributed by atoms with Crippen LogP contribution in [0.5, 0.6) is 0 Å². The van der Waals surface area contributed by atoms with E-state index in [0.29, 0.717) is 26.3 Å². The topological polar surface area (TPSA) is 78.9 Å². The lowest BCUT2D eigenvalue weighted by atomic mass is 10.1. The molecule has 1 aliphatic heterocycles. The summed E-state index contributed by atoms with van der Waals surface area (Å²) in [5.74, 6) is -0.974. The van der Waals surface area contributed by atoms with Crippen molar-refractivity contribution in [3.63, 3.8) is 0 Å². The van der Waals surface area contributed by atoms with Gasteiger partial charge in [-0.1, -0.05) is 0 Å². The average Bonchev–Trinajstić information content (AvgIpc) is 2.30. The molecule has 0 bridgehead atoms. The molecule has 2 N–H and O–H groups in total. The number of ether oxygens (including phenoxy) is 1. The van der Waals surface area contributed by atoms with Crippen LogP contribution in [-0.4, -0.2) is 60.3 Å². The molecule has 1 rings (SSSR count). The predicted octanol–water partition coefficient (Wildman–Crippen LogP) is -0.313. The average molecular weight is 244 g/mol. The van der Waals surface area contributed by atoms with Crippen molar-refractivity contribution in [3.05, 3.63) is 0 Å². The monoisotopic (exact) mass is 244 g/mol. The second-order valence-corrected chi connectivity index (χ2v) is 4.15. The number of amides is 1. The Labute approximate surface area is 101 Å². The van der Waals surface area contributed by atoms with E-state index in [2.05, 4.69) is 5.32 Å². The summed E-state index contributed by atoms with van der Waals surface area (Å²) < 4.78 is 5.23. The summed E-state index contributed by atoms with van der Waals surface area (Å²) in [6.07, 6.45) is -0.0346. The van der Waals surface area contributed by atoms with Gasteiger partial charge in [0.05, 0.1) is 19.6 Å². The molecule has 0 aromatic rings. The van der Waals surface area contributed by atoms with Crippen LogP contribution in [0.25, 0.3) is 0 Å². The van der Waals surface area contributed by atoms with Gasteiger partial charge in [0.25, 0.3) is 0 Å². The highest BCUT2D eigenvalue weighted by molar-refractivity contribution is 5.83. The van der Waals surface area contributed by atoms with Crippen molar-refractivity contribution in [2.75, 3.05) is 26.3 Å². The molecule has 1 amide bonds. The van der Waals surface area contributed by atoms with Gasteiger partial charge in [0.15, 0.2) is 0 Å². The summed E-state index contributed by atoms with van der Waals surface area (Å²) in [6, 6.07) is -0.645. The maximum atomic E-state index is 12.1. The van der Waals surface area contributed by atoms with E-state index < -0.39 is 5.97 Å². The van der Waals surface area contributed by atoms with Crippen LogP contribution in [0.4, 0.5) is 0 Å². The lowest BCUT2D eigenvalue weighted by Gasteiger charge is -2.32. The molecular weight excluding hydrogens is 224 g/mol. The lowest BCUT2D eigenvalue weighted by molar-refractivity contribution is -0.142. The van der Waals surface area contributed by atoms with Gasteiger partial charge in [-0.15, -0.1) is 0 Å². The first kappa shape index (κ1) is 13.9. The van der Waals surface area contributed by atoms with Gasteiger partial charge in [0, 0.05) is 19.1 Å². The van der Waals surface area contributed by atoms with Crippen molar-refractivity contribution < 1.29 is 19.4 Å². The zero-order chi connectivity index (χ0) is 12.8. The van der Waals surface area contributed by atoms with Gasteiger partial charge in [-0.3, -0.25) is 9.59 Å². The molecule has 2 atom stereocenters. The van der Waals surface area contributed by atoms with Crippen molar-refractivity contribution in [2.24, 2.45) is 0 Å². The van der Waals surface area contributed by atoms with Gasteiger partial charge in [-0.25, -0.2) is 0 Å². The Morgan fingerprint density at radius 2 is 2.29 bits per heavy atom. The zero-order valence-electron chi connectivity index (χ0n) is 10.3. The van der Waals surface area contributed by atoms with Crippen LogP contribution in [0.2, 0.25) is 0 Å². The Morgan fingerprint density at radius 1 is 1.59 bits per heavy atom. The van der Waals surface area contributed by atoms with Gasteiger partial charge >= 0.3 is 5.97 Å². The number of carboxylic acid groups (broad SMARTS) is 1. The molecule has 0 aliphatic carbocycles. The molecule has 0 spiro atoms. The van der Waals surface area contributed by atoms with E-state index in [9.17, 15) is 9.59 Å². The Bertz CT molecular complexity index is 277. The second kappa shape index (κ2) is 6.56. The second-order valence-electron chi connectivity index (χ2n) is 4.15. The van der Waals surface area contributed by atoms with E-state index in [1.54, 1.807) is 11.8 Å². The number of carbonyl (C=O) groups excluding carboxylic acids is 1. The first-order valence-corrected chi connectivity index (χ1v) is 5.89. The molecule has 1 saturated heterocycles. The van der Waals surface area contributed by atoms with Gasteiger partial charge in [-0.2, -0.15) is 0 Å². The summed E-state index contributed by atoms with van der Waals surface area (Å²) in [5, 5.41) is 11.8. The third kappa shape index (κ3) is 3.98. The Kier molecular flexibility index (Phi) is 5.37. The summed E-state index contributed by atoms with van der Waals surface area (Å²) in [7, 11) is 0. The van der Waals surface area contributed by atoms with Crippen molar-refractivity contribution in [1.82, 2.24) is 10.2 Å². The normalized spacial score (nSPS) is 21.9. The van der Waals surface area contributed by atoms with E-state index in [4.69, 9.17) is 9.84 Å². The van der Waals surface area contributed by atoms with Crippen LogP contribution < -0.4 is 5.32 Å². The Hall–Kier alpha value is -1.14. The van der Waals surface area contributed by atoms with E-state index in [1.807, 2.05) is 6.92 Å². The molecule has 6 nitrogen and oxygen atoms in total. The van der Waals surface area contributed by atoms with Crippen LogP contribution in [-0.2, 0) is 14.3 Å². The first-order chi connectivity index (χ1) is 8.06. The molecule has 6 heteroatoms. The maximum Gasteiger partial charge on any atom is 0.305 e. The van der Waals surface area contributed by atoms with Crippen LogP contribution in [0.1, 0.15) is 20.3 Å². The highest BCUT2D eigenvalue weighted by Gasteiger charge is 2.28. The van der Waals surface area contributed by atoms with Crippen molar-refractivity contribution in [2.45, 2.75) is 32.4 Å². The SMILES string of the molecule is CCN(C(=O)C1COCCN1)C(C)CC(=O)O. The zero-order valence-corrected chi connectivity index (χ0v) is 10.3. The van der Waals surface area contributed by atoms with Gasteiger partial charge < -0.3 is 20.1 Å². The molecule has 1 fully saturated rings. The third-order valence-corrected chi connectivity index (χ3v) is 2.85. The number of hydrogen-bond acceptors (Lipinski definition) is 4. The van der Waals surface area contributed by atoms with Crippen LogP contribution in [0.3, 0.4) is 0 Å². The van der Waals surface area contributed by atoms with Crippen LogP contribution in [0, 0.1) is 0 Å². The number of nitrogens with one attached hydrogen (secondary N) is 1. The minimum absolute atomic E-state index is 0.0346. The van der Waals surface area contributed by atoms with Gasteiger partial charge in [0.1, 0.15) is 6.04 Å². The van der Waals surface area contributed by atoms with E-state index >= 15 is 0 Å². The number of rotatable bonds is 5. The Balaban J connectivity index is 2.58. The minimum Gasteiger partial charge on any atom is -0.481 e. The van der Waals surface area contributed by atoms with Crippen LogP contribution >= 0.6 is 0 Å². The quantitative estimate of drug-likeness (QED) is 0.693. The van der Waals surface area contributed by atoms with Crippen LogP contribution in [0.15, 0.2) is 0 Å². The standard InChI is InChI=1S/C11H20N2O4/c1-3-13(8(2)6-10(14)15)11(16)9-7-17-5-4-12-9/h8-9,12H,3-7H2,1-2H3,(H,14,15). The summed E-state index contributed by atoms with van der Waals surface area (Å²) in [5.41, 5.74) is 0. The van der Waals surface area contributed by atoms with Crippen molar-refractivity contribution in [3.8, 4) is 0 Å². The number of hydrogen-bond donors (Lipinski definition) is 2. The molecular formula is C11H20N2O4. The largest absolute Gasteiger partial charge is 0.481 e. The number of carboxylic acids is 1. The molecule has 0 aromatic heterocycles. The van der Waals surface area contributed by atoms with Gasteiger partial charge in [-0.05, 0) is 13.8 Å². The maximum absolute atomic E-state index is 12.1. The predicted molar refractivity (Wildman–Crippen MR) is 61.7 cm³/mol. The van der Waals surface area contributed by atoms with Gasteiger partial charge in [0.2, 0.25) is 5.91 Å². The molecule has 2 unspecified atom stereocenters. The fraction of sp³-hybridized carbons (Fsp3) is 0.818. The molecule has 17 heavy (non-hydrogen) atoms. The minimum atomic E-state index is -0.892. The highest BCUT2D eigenvalue weighted by atomic mass is 16.5. The smallest absolute Gasteiger partial charge is 0.305 e. The number of morpholine rings is 1. The van der Waals surface area contributed by atoms with Crippen molar-refractivity contribution in [1.29, 1.82) is 0 Å². The van der Waals surface area contributed by atoms with E-state index in [0.717, 1.165) is 0 Å².